The molecule has 2 nitrogen and oxygen atoms in total. The minimum absolute atomic E-state index is 0.0735. The molecule has 0 saturated carbocycles. The molecule has 0 amide bonds. The maximum Gasteiger partial charge on any atom is 0.0669 e. The van der Waals surface area contributed by atoms with Crippen molar-refractivity contribution in [3.63, 3.8) is 0 Å². The van der Waals surface area contributed by atoms with Gasteiger partial charge in [0.15, 0.2) is 0 Å². The molecule has 17 heavy (non-hydrogen) atoms. The van der Waals surface area contributed by atoms with Gasteiger partial charge in [-0.1, -0.05) is 45.0 Å². The summed E-state index contributed by atoms with van der Waals surface area (Å²) in [6.07, 6.45) is -0.300. The fraction of sp³-hybridized carbons (Fsp3) is 0.600. The number of benzene rings is 1. The van der Waals surface area contributed by atoms with E-state index in [0.29, 0.717) is 0 Å². The Kier molecular flexibility index (Phi) is 3.28. The molecule has 0 spiro atoms. The van der Waals surface area contributed by atoms with Crippen LogP contribution in [-0.4, -0.2) is 29.7 Å². The standard InChI is InChI=1S/C15H23NO/c1-15(2,3)14(17)13-10-16(4)9-11-7-5-6-8-12(11)13/h5-8,13-14,17H,9-10H2,1-4H3. The Morgan fingerprint density at radius 3 is 2.59 bits per heavy atom. The van der Waals surface area contributed by atoms with E-state index < -0.39 is 0 Å². The number of hydrogen-bond donors (Lipinski definition) is 1. The van der Waals surface area contributed by atoms with Crippen LogP contribution in [0.1, 0.15) is 37.8 Å². The fourth-order valence-electron chi connectivity index (χ4n) is 2.70. The number of aliphatic hydroxyl groups is 1. The van der Waals surface area contributed by atoms with Crippen LogP contribution in [0.4, 0.5) is 0 Å². The van der Waals surface area contributed by atoms with Gasteiger partial charge in [-0.3, -0.25) is 0 Å². The van der Waals surface area contributed by atoms with E-state index in [2.05, 4.69) is 57.0 Å². The topological polar surface area (TPSA) is 23.5 Å². The highest BCUT2D eigenvalue weighted by atomic mass is 16.3. The molecule has 2 atom stereocenters. The predicted molar refractivity (Wildman–Crippen MR) is 71.0 cm³/mol. The Labute approximate surface area is 104 Å². The molecule has 1 N–H and O–H groups in total. The Hall–Kier alpha value is -0.860. The molecule has 2 heteroatoms. The smallest absolute Gasteiger partial charge is 0.0669 e. The zero-order valence-electron chi connectivity index (χ0n) is 11.3. The van der Waals surface area contributed by atoms with Crippen molar-refractivity contribution in [1.29, 1.82) is 0 Å². The fourth-order valence-corrected chi connectivity index (χ4v) is 2.70. The number of hydrogen-bond acceptors (Lipinski definition) is 2. The SMILES string of the molecule is CN1Cc2ccccc2C(C(O)C(C)(C)C)C1. The van der Waals surface area contributed by atoms with Gasteiger partial charge >= 0.3 is 0 Å². The molecule has 0 bridgehead atoms. The van der Waals surface area contributed by atoms with Gasteiger partial charge in [-0.05, 0) is 23.6 Å². The summed E-state index contributed by atoms with van der Waals surface area (Å²) in [7, 11) is 2.12. The highest BCUT2D eigenvalue weighted by Gasteiger charge is 2.35. The summed E-state index contributed by atoms with van der Waals surface area (Å²) in [4.78, 5) is 2.29. The summed E-state index contributed by atoms with van der Waals surface area (Å²) < 4.78 is 0. The van der Waals surface area contributed by atoms with Crippen LogP contribution >= 0.6 is 0 Å². The van der Waals surface area contributed by atoms with Crippen LogP contribution in [0.3, 0.4) is 0 Å². The molecule has 1 aliphatic heterocycles. The average Bonchev–Trinajstić information content (AvgIpc) is 2.25. The first kappa shape index (κ1) is 12.6. The first-order valence-corrected chi connectivity index (χ1v) is 6.34. The van der Waals surface area contributed by atoms with Crippen molar-refractivity contribution < 1.29 is 5.11 Å². The van der Waals surface area contributed by atoms with E-state index in [1.54, 1.807) is 0 Å². The van der Waals surface area contributed by atoms with Crippen LogP contribution in [0.25, 0.3) is 0 Å². The molecule has 0 aromatic heterocycles. The van der Waals surface area contributed by atoms with E-state index in [1.165, 1.54) is 11.1 Å². The van der Waals surface area contributed by atoms with Gasteiger partial charge in [0.1, 0.15) is 0 Å². The third-order valence-electron chi connectivity index (χ3n) is 3.67. The van der Waals surface area contributed by atoms with Gasteiger partial charge < -0.3 is 10.0 Å². The zero-order valence-corrected chi connectivity index (χ0v) is 11.3. The van der Waals surface area contributed by atoms with Gasteiger partial charge in [0.05, 0.1) is 6.10 Å². The van der Waals surface area contributed by atoms with Gasteiger partial charge in [-0.15, -0.1) is 0 Å². The molecular formula is C15H23NO. The summed E-state index contributed by atoms with van der Waals surface area (Å²) in [6, 6.07) is 8.50. The molecule has 2 rings (SSSR count). The van der Waals surface area contributed by atoms with Gasteiger partial charge in [0.25, 0.3) is 0 Å². The Bertz CT molecular complexity index is 394. The summed E-state index contributed by atoms with van der Waals surface area (Å²) >= 11 is 0. The second kappa shape index (κ2) is 4.43. The van der Waals surface area contributed by atoms with E-state index in [-0.39, 0.29) is 17.4 Å². The quantitative estimate of drug-likeness (QED) is 0.806. The third-order valence-corrected chi connectivity index (χ3v) is 3.67. The monoisotopic (exact) mass is 233 g/mol. The third kappa shape index (κ3) is 2.53. The van der Waals surface area contributed by atoms with Gasteiger partial charge in [-0.2, -0.15) is 0 Å². The van der Waals surface area contributed by atoms with Gasteiger partial charge in [0.2, 0.25) is 0 Å². The van der Waals surface area contributed by atoms with E-state index >= 15 is 0 Å². The molecule has 2 unspecified atom stereocenters. The molecule has 0 radical (unpaired) electrons. The number of likely N-dealkylation sites (N-methyl/N-ethyl adjacent to an activating group) is 1. The molecule has 0 aliphatic carbocycles. The Morgan fingerprint density at radius 2 is 1.94 bits per heavy atom. The van der Waals surface area contributed by atoms with Crippen molar-refractivity contribution in [2.75, 3.05) is 13.6 Å². The number of rotatable bonds is 1. The predicted octanol–water partition coefficient (Wildman–Crippen LogP) is 2.62. The molecule has 0 saturated heterocycles. The van der Waals surface area contributed by atoms with Crippen LogP contribution < -0.4 is 0 Å². The van der Waals surface area contributed by atoms with Crippen molar-refractivity contribution in [3.8, 4) is 0 Å². The van der Waals surface area contributed by atoms with Crippen LogP contribution in [0.2, 0.25) is 0 Å². The van der Waals surface area contributed by atoms with Crippen molar-refractivity contribution in [2.45, 2.75) is 39.3 Å². The first-order valence-electron chi connectivity index (χ1n) is 6.34. The summed E-state index contributed by atoms with van der Waals surface area (Å²) in [6.45, 7) is 8.25. The number of aliphatic hydroxyl groups excluding tert-OH is 1. The van der Waals surface area contributed by atoms with E-state index in [1.807, 2.05) is 0 Å². The molecule has 1 aromatic rings. The normalized spacial score (nSPS) is 23.2. The van der Waals surface area contributed by atoms with Crippen molar-refractivity contribution in [2.24, 2.45) is 5.41 Å². The van der Waals surface area contributed by atoms with Crippen LogP contribution in [0.15, 0.2) is 24.3 Å². The molecule has 1 heterocycles. The lowest BCUT2D eigenvalue weighted by Crippen LogP contribution is -2.41. The minimum atomic E-state index is -0.300. The minimum Gasteiger partial charge on any atom is -0.392 e. The lowest BCUT2D eigenvalue weighted by molar-refractivity contribution is 0.0240. The maximum atomic E-state index is 10.5. The van der Waals surface area contributed by atoms with E-state index in [4.69, 9.17) is 0 Å². The van der Waals surface area contributed by atoms with Crippen LogP contribution in [-0.2, 0) is 6.54 Å². The average molecular weight is 233 g/mol. The lowest BCUT2D eigenvalue weighted by Gasteiger charge is -2.39. The summed E-state index contributed by atoms with van der Waals surface area (Å²) in [5, 5.41) is 10.5. The largest absolute Gasteiger partial charge is 0.392 e. The highest BCUT2D eigenvalue weighted by Crippen LogP contribution is 2.36. The highest BCUT2D eigenvalue weighted by molar-refractivity contribution is 5.33. The zero-order chi connectivity index (χ0) is 12.6. The van der Waals surface area contributed by atoms with E-state index in [9.17, 15) is 5.11 Å². The summed E-state index contributed by atoms with van der Waals surface area (Å²) in [5.41, 5.74) is 2.61. The molecule has 1 aliphatic rings. The molecular weight excluding hydrogens is 210 g/mol. The van der Waals surface area contributed by atoms with Crippen molar-refractivity contribution in [1.82, 2.24) is 4.90 Å². The van der Waals surface area contributed by atoms with Crippen molar-refractivity contribution in [3.05, 3.63) is 35.4 Å². The van der Waals surface area contributed by atoms with Crippen LogP contribution in [0, 0.1) is 5.41 Å². The second-order valence-corrected chi connectivity index (χ2v) is 6.31. The van der Waals surface area contributed by atoms with E-state index in [0.717, 1.165) is 13.1 Å². The lowest BCUT2D eigenvalue weighted by atomic mass is 9.75. The number of nitrogens with zero attached hydrogens (tertiary/aromatic N) is 1. The summed E-state index contributed by atoms with van der Waals surface area (Å²) in [5.74, 6) is 0.227. The molecule has 0 fully saturated rings. The first-order chi connectivity index (χ1) is 7.89. The second-order valence-electron chi connectivity index (χ2n) is 6.31. The Morgan fingerprint density at radius 1 is 1.29 bits per heavy atom. The van der Waals surface area contributed by atoms with Gasteiger partial charge in [-0.25, -0.2) is 0 Å². The molecule has 1 aromatic carbocycles. The number of fused-ring (bicyclic) bond motifs is 1. The Balaban J connectivity index is 2.36. The van der Waals surface area contributed by atoms with Crippen LogP contribution in [0.5, 0.6) is 0 Å². The maximum absolute atomic E-state index is 10.5. The van der Waals surface area contributed by atoms with Crippen molar-refractivity contribution >= 4 is 0 Å². The van der Waals surface area contributed by atoms with Gasteiger partial charge in [0, 0.05) is 19.0 Å². The molecule has 94 valence electrons.